The van der Waals surface area contributed by atoms with Gasteiger partial charge in [0.1, 0.15) is 12.2 Å². The van der Waals surface area contributed by atoms with Crippen molar-refractivity contribution < 1.29 is 19.1 Å². The number of fused-ring (bicyclic) bond motifs is 2. The highest BCUT2D eigenvalue weighted by molar-refractivity contribution is 5.90. The van der Waals surface area contributed by atoms with Gasteiger partial charge in [0.2, 0.25) is 0 Å². The normalized spacial score (nSPS) is 36.6. The number of unbranched alkanes of at least 4 members (excludes halogenated alkanes) is 1. The van der Waals surface area contributed by atoms with Crippen molar-refractivity contribution in [2.75, 3.05) is 0 Å². The molecule has 1 saturated heterocycles. The molecular weight excluding hydrogens is 340 g/mol. The van der Waals surface area contributed by atoms with Crippen molar-refractivity contribution in [3.05, 3.63) is 24.3 Å². The fourth-order valence-electron chi connectivity index (χ4n) is 5.35. The molecule has 3 aliphatic rings. The highest BCUT2D eigenvalue weighted by Gasteiger charge is 2.54. The van der Waals surface area contributed by atoms with Gasteiger partial charge in [-0.1, -0.05) is 46.8 Å². The quantitative estimate of drug-likeness (QED) is 0.374. The van der Waals surface area contributed by atoms with Gasteiger partial charge in [-0.25, -0.2) is 4.79 Å². The first-order valence-electron chi connectivity index (χ1n) is 10.6. The Morgan fingerprint density at radius 2 is 2.11 bits per heavy atom. The summed E-state index contributed by atoms with van der Waals surface area (Å²) in [4.78, 5) is 24.6. The Kier molecular flexibility index (Phi) is 5.83. The van der Waals surface area contributed by atoms with Gasteiger partial charge in [-0.2, -0.15) is 0 Å². The minimum Gasteiger partial charge on any atom is -0.458 e. The molecule has 150 valence electrons. The molecule has 0 bridgehead atoms. The molecule has 0 amide bonds. The van der Waals surface area contributed by atoms with Crippen molar-refractivity contribution in [3.63, 3.8) is 0 Å². The zero-order valence-electron chi connectivity index (χ0n) is 17.1. The molecule has 0 spiro atoms. The summed E-state index contributed by atoms with van der Waals surface area (Å²) in [6.07, 6.45) is 7.07. The molecule has 27 heavy (non-hydrogen) atoms. The number of hydrogen-bond donors (Lipinski definition) is 0. The van der Waals surface area contributed by atoms with E-state index < -0.39 is 0 Å². The van der Waals surface area contributed by atoms with Crippen molar-refractivity contribution in [2.45, 2.75) is 84.3 Å². The molecule has 0 aromatic heterocycles. The lowest BCUT2D eigenvalue weighted by molar-refractivity contribution is -0.157. The predicted octanol–water partition coefficient (Wildman–Crippen LogP) is 4.98. The van der Waals surface area contributed by atoms with Crippen molar-refractivity contribution in [1.82, 2.24) is 0 Å². The topological polar surface area (TPSA) is 52.6 Å². The van der Waals surface area contributed by atoms with Gasteiger partial charge in [0.25, 0.3) is 0 Å². The van der Waals surface area contributed by atoms with Crippen molar-refractivity contribution in [3.8, 4) is 0 Å². The Hall–Kier alpha value is -1.58. The van der Waals surface area contributed by atoms with Crippen LogP contribution in [-0.4, -0.2) is 24.1 Å². The Bertz CT molecular complexity index is 636. The van der Waals surface area contributed by atoms with E-state index in [2.05, 4.69) is 33.9 Å². The van der Waals surface area contributed by atoms with Crippen molar-refractivity contribution >= 4 is 11.9 Å². The first-order valence-corrected chi connectivity index (χ1v) is 10.6. The second kappa shape index (κ2) is 7.81. The van der Waals surface area contributed by atoms with Crippen LogP contribution < -0.4 is 0 Å². The van der Waals surface area contributed by atoms with Gasteiger partial charge in [0, 0.05) is 11.5 Å². The molecule has 6 atom stereocenters. The van der Waals surface area contributed by atoms with E-state index in [9.17, 15) is 9.59 Å². The van der Waals surface area contributed by atoms with Crippen LogP contribution in [0.4, 0.5) is 0 Å². The van der Waals surface area contributed by atoms with E-state index in [1.165, 1.54) is 0 Å². The third-order valence-corrected chi connectivity index (χ3v) is 7.24. The summed E-state index contributed by atoms with van der Waals surface area (Å²) in [7, 11) is 0. The number of esters is 2. The zero-order valence-corrected chi connectivity index (χ0v) is 17.1. The van der Waals surface area contributed by atoms with Gasteiger partial charge < -0.3 is 9.47 Å². The molecule has 0 aromatic rings. The molecule has 0 radical (unpaired) electrons. The minimum atomic E-state index is -0.248. The fourth-order valence-corrected chi connectivity index (χ4v) is 5.35. The molecule has 2 saturated carbocycles. The lowest BCUT2D eigenvalue weighted by atomic mass is 9.55. The Morgan fingerprint density at radius 3 is 2.78 bits per heavy atom. The van der Waals surface area contributed by atoms with Crippen LogP contribution in [-0.2, 0) is 19.1 Å². The highest BCUT2D eigenvalue weighted by atomic mass is 16.6. The molecule has 4 heteroatoms. The van der Waals surface area contributed by atoms with Crippen LogP contribution in [0.5, 0.6) is 0 Å². The molecule has 4 nitrogen and oxygen atoms in total. The third kappa shape index (κ3) is 3.72. The van der Waals surface area contributed by atoms with Gasteiger partial charge in [-0.3, -0.25) is 4.79 Å². The van der Waals surface area contributed by atoms with E-state index in [-0.39, 0.29) is 47.3 Å². The second-order valence-corrected chi connectivity index (χ2v) is 9.01. The van der Waals surface area contributed by atoms with E-state index in [1.807, 2.05) is 0 Å². The van der Waals surface area contributed by atoms with Crippen LogP contribution in [0.2, 0.25) is 0 Å². The van der Waals surface area contributed by atoms with E-state index in [0.717, 1.165) is 56.9 Å². The minimum absolute atomic E-state index is 0.0116. The standard InChI is InChI=1S/C23H34O4/c1-6-8-9-16(7-2)22(25)26-19-10-11-23(5)13-20-17(12-18(23)15(19)4)14(3)21(24)27-20/h16-20H,3-4,6-13H2,1-2,5H3/t16?,17-,18+,19-,20-,23-/m1/s1. The van der Waals surface area contributed by atoms with Gasteiger partial charge >= 0.3 is 11.9 Å². The van der Waals surface area contributed by atoms with E-state index in [1.54, 1.807) is 0 Å². The molecule has 0 N–H and O–H groups in total. The fraction of sp³-hybridized carbons (Fsp3) is 0.739. The summed E-state index contributed by atoms with van der Waals surface area (Å²) in [5.74, 6) is -0.00913. The molecule has 3 fully saturated rings. The average Bonchev–Trinajstić information content (AvgIpc) is 2.90. The molecule has 2 aliphatic carbocycles. The maximum atomic E-state index is 12.7. The molecule has 1 unspecified atom stereocenters. The SMILES string of the molecule is C=C1C(=O)O[C@@H]2C[C@@]3(C)CC[C@@H](OC(=O)C(CC)CCCC)C(=C)[C@@H]3C[C@H]12. The number of rotatable bonds is 6. The van der Waals surface area contributed by atoms with Gasteiger partial charge in [-0.15, -0.1) is 0 Å². The van der Waals surface area contributed by atoms with Crippen LogP contribution in [0.3, 0.4) is 0 Å². The summed E-state index contributed by atoms with van der Waals surface area (Å²) < 4.78 is 11.5. The largest absolute Gasteiger partial charge is 0.458 e. The monoisotopic (exact) mass is 374 g/mol. The predicted molar refractivity (Wildman–Crippen MR) is 105 cm³/mol. The molecule has 1 aliphatic heterocycles. The Labute approximate surface area is 163 Å². The van der Waals surface area contributed by atoms with Gasteiger partial charge in [0.05, 0.1) is 5.92 Å². The smallest absolute Gasteiger partial charge is 0.334 e. The summed E-state index contributed by atoms with van der Waals surface area (Å²) in [6, 6.07) is 0. The van der Waals surface area contributed by atoms with Crippen LogP contribution in [0.15, 0.2) is 24.3 Å². The van der Waals surface area contributed by atoms with Crippen molar-refractivity contribution in [1.29, 1.82) is 0 Å². The van der Waals surface area contributed by atoms with Crippen LogP contribution in [0.25, 0.3) is 0 Å². The van der Waals surface area contributed by atoms with E-state index >= 15 is 0 Å². The maximum Gasteiger partial charge on any atom is 0.334 e. The Balaban J connectivity index is 1.68. The van der Waals surface area contributed by atoms with E-state index in [4.69, 9.17) is 9.47 Å². The molecule has 0 aromatic carbocycles. The number of ether oxygens (including phenoxy) is 2. The Morgan fingerprint density at radius 1 is 1.37 bits per heavy atom. The summed E-state index contributed by atoms with van der Waals surface area (Å²) >= 11 is 0. The van der Waals surface area contributed by atoms with Gasteiger partial charge in [-0.05, 0) is 55.4 Å². The number of carbonyl (C=O) groups is 2. The molecule has 1 heterocycles. The summed E-state index contributed by atoms with van der Waals surface area (Å²) in [5.41, 5.74) is 1.67. The zero-order chi connectivity index (χ0) is 19.8. The summed E-state index contributed by atoms with van der Waals surface area (Å²) in [5, 5.41) is 0. The van der Waals surface area contributed by atoms with E-state index in [0.29, 0.717) is 5.57 Å². The van der Waals surface area contributed by atoms with Crippen LogP contribution in [0.1, 0.15) is 72.1 Å². The summed E-state index contributed by atoms with van der Waals surface area (Å²) in [6.45, 7) is 14.8. The average molecular weight is 375 g/mol. The van der Waals surface area contributed by atoms with Crippen LogP contribution in [0, 0.1) is 23.2 Å². The molecule has 3 rings (SSSR count). The first kappa shape index (κ1) is 20.2. The lowest BCUT2D eigenvalue weighted by Gasteiger charge is -2.51. The van der Waals surface area contributed by atoms with Gasteiger partial charge in [0.15, 0.2) is 0 Å². The number of hydrogen-bond acceptors (Lipinski definition) is 4. The highest BCUT2D eigenvalue weighted by Crippen LogP contribution is 2.57. The maximum absolute atomic E-state index is 12.7. The number of carbonyl (C=O) groups excluding carboxylic acids is 2. The lowest BCUT2D eigenvalue weighted by Crippen LogP contribution is -2.47. The second-order valence-electron chi connectivity index (χ2n) is 9.01. The van der Waals surface area contributed by atoms with Crippen LogP contribution >= 0.6 is 0 Å². The van der Waals surface area contributed by atoms with Crippen molar-refractivity contribution in [2.24, 2.45) is 23.2 Å². The molecular formula is C23H34O4. The first-order chi connectivity index (χ1) is 12.8. The third-order valence-electron chi connectivity index (χ3n) is 7.24.